The number of amides is 1. The standard InChI is InChI=1S/C16H19N3O2/c1-11-3-8-15(12(2)18-11)19-16(20)9-10-21-14-6-4-13(17)5-7-14/h3-8H,9-10,17H2,1-2H3,(H,19,20). The van der Waals surface area contributed by atoms with Crippen LogP contribution in [0.5, 0.6) is 5.75 Å². The average molecular weight is 285 g/mol. The van der Waals surface area contributed by atoms with Gasteiger partial charge in [0.15, 0.2) is 0 Å². The Balaban J connectivity index is 1.81. The minimum Gasteiger partial charge on any atom is -0.493 e. The number of benzene rings is 1. The molecule has 0 atom stereocenters. The van der Waals surface area contributed by atoms with Crippen molar-refractivity contribution >= 4 is 17.3 Å². The van der Waals surface area contributed by atoms with Crippen molar-refractivity contribution in [1.29, 1.82) is 0 Å². The van der Waals surface area contributed by atoms with Gasteiger partial charge in [0.25, 0.3) is 0 Å². The second-order valence-corrected chi connectivity index (χ2v) is 4.80. The predicted molar refractivity (Wildman–Crippen MR) is 83.3 cm³/mol. The molecule has 1 heterocycles. The topological polar surface area (TPSA) is 77.2 Å². The third kappa shape index (κ3) is 4.49. The van der Waals surface area contributed by atoms with Gasteiger partial charge in [-0.3, -0.25) is 9.78 Å². The van der Waals surface area contributed by atoms with E-state index in [0.29, 0.717) is 18.0 Å². The summed E-state index contributed by atoms with van der Waals surface area (Å²) >= 11 is 0. The fourth-order valence-corrected chi connectivity index (χ4v) is 1.86. The number of rotatable bonds is 5. The van der Waals surface area contributed by atoms with E-state index < -0.39 is 0 Å². The number of nitrogens with two attached hydrogens (primary N) is 1. The number of aromatic nitrogens is 1. The van der Waals surface area contributed by atoms with Gasteiger partial charge in [0.05, 0.1) is 24.4 Å². The maximum absolute atomic E-state index is 11.9. The van der Waals surface area contributed by atoms with Crippen LogP contribution in [0, 0.1) is 13.8 Å². The van der Waals surface area contributed by atoms with E-state index in [1.165, 1.54) is 0 Å². The molecule has 0 unspecified atom stereocenters. The highest BCUT2D eigenvalue weighted by Gasteiger charge is 2.06. The van der Waals surface area contributed by atoms with Crippen LogP contribution in [0.1, 0.15) is 17.8 Å². The first kappa shape index (κ1) is 14.8. The highest BCUT2D eigenvalue weighted by Crippen LogP contribution is 2.14. The summed E-state index contributed by atoms with van der Waals surface area (Å²) in [6.07, 6.45) is 0.275. The van der Waals surface area contributed by atoms with Gasteiger partial charge in [-0.25, -0.2) is 0 Å². The number of carbonyl (C=O) groups is 1. The summed E-state index contributed by atoms with van der Waals surface area (Å²) in [4.78, 5) is 16.2. The molecule has 0 radical (unpaired) electrons. The molecule has 0 bridgehead atoms. The van der Waals surface area contributed by atoms with Crippen LogP contribution in [0.4, 0.5) is 11.4 Å². The molecule has 0 spiro atoms. The van der Waals surface area contributed by atoms with Gasteiger partial charge in [-0.1, -0.05) is 0 Å². The number of pyridine rings is 1. The maximum atomic E-state index is 11.9. The number of aryl methyl sites for hydroxylation is 2. The molecule has 0 aliphatic rings. The number of nitrogens with one attached hydrogen (secondary N) is 1. The van der Waals surface area contributed by atoms with Gasteiger partial charge in [-0.2, -0.15) is 0 Å². The highest BCUT2D eigenvalue weighted by molar-refractivity contribution is 5.91. The molecule has 21 heavy (non-hydrogen) atoms. The Morgan fingerprint density at radius 2 is 1.90 bits per heavy atom. The minimum absolute atomic E-state index is 0.0980. The average Bonchev–Trinajstić information content (AvgIpc) is 2.44. The Kier molecular flexibility index (Phi) is 4.77. The van der Waals surface area contributed by atoms with Crippen molar-refractivity contribution in [2.75, 3.05) is 17.7 Å². The van der Waals surface area contributed by atoms with Crippen LogP contribution in [-0.4, -0.2) is 17.5 Å². The molecule has 1 amide bonds. The van der Waals surface area contributed by atoms with Crippen LogP contribution in [-0.2, 0) is 4.79 Å². The quantitative estimate of drug-likeness (QED) is 0.828. The highest BCUT2D eigenvalue weighted by atomic mass is 16.5. The molecule has 1 aromatic carbocycles. The van der Waals surface area contributed by atoms with Crippen molar-refractivity contribution < 1.29 is 9.53 Å². The Labute approximate surface area is 124 Å². The zero-order chi connectivity index (χ0) is 15.2. The van der Waals surface area contributed by atoms with Crippen molar-refractivity contribution in [2.45, 2.75) is 20.3 Å². The lowest BCUT2D eigenvalue weighted by molar-refractivity contribution is -0.116. The van der Waals surface area contributed by atoms with Gasteiger partial charge < -0.3 is 15.8 Å². The zero-order valence-electron chi connectivity index (χ0n) is 12.2. The number of ether oxygens (including phenoxy) is 1. The van der Waals surface area contributed by atoms with E-state index in [-0.39, 0.29) is 12.3 Å². The van der Waals surface area contributed by atoms with Crippen LogP contribution in [0.15, 0.2) is 36.4 Å². The van der Waals surface area contributed by atoms with Gasteiger partial charge in [-0.05, 0) is 50.2 Å². The van der Waals surface area contributed by atoms with Crippen molar-refractivity contribution in [2.24, 2.45) is 0 Å². The summed E-state index contributed by atoms with van der Waals surface area (Å²) in [6, 6.07) is 10.8. The Morgan fingerprint density at radius 3 is 2.57 bits per heavy atom. The molecule has 0 aliphatic carbocycles. The lowest BCUT2D eigenvalue weighted by Crippen LogP contribution is -2.16. The first-order valence-corrected chi connectivity index (χ1v) is 6.77. The Hall–Kier alpha value is -2.56. The second kappa shape index (κ2) is 6.74. The van der Waals surface area contributed by atoms with Crippen LogP contribution in [0.3, 0.4) is 0 Å². The SMILES string of the molecule is Cc1ccc(NC(=O)CCOc2ccc(N)cc2)c(C)n1. The molecule has 3 N–H and O–H groups in total. The Bertz CT molecular complexity index is 624. The van der Waals surface area contributed by atoms with E-state index in [9.17, 15) is 4.79 Å². The summed E-state index contributed by atoms with van der Waals surface area (Å²) in [5.74, 6) is 0.601. The first-order valence-electron chi connectivity index (χ1n) is 6.77. The van der Waals surface area contributed by atoms with Crippen LogP contribution < -0.4 is 15.8 Å². The summed E-state index contributed by atoms with van der Waals surface area (Å²) in [7, 11) is 0. The molecular weight excluding hydrogens is 266 g/mol. The maximum Gasteiger partial charge on any atom is 0.227 e. The minimum atomic E-state index is -0.0980. The van der Waals surface area contributed by atoms with E-state index in [1.54, 1.807) is 24.3 Å². The number of carbonyl (C=O) groups excluding carboxylic acids is 1. The van der Waals surface area contributed by atoms with Crippen LogP contribution in [0.25, 0.3) is 0 Å². The molecule has 0 fully saturated rings. The smallest absolute Gasteiger partial charge is 0.227 e. The lowest BCUT2D eigenvalue weighted by Gasteiger charge is -2.09. The van der Waals surface area contributed by atoms with Crippen molar-refractivity contribution in [3.05, 3.63) is 47.8 Å². The summed E-state index contributed by atoms with van der Waals surface area (Å²) in [5, 5.41) is 2.83. The summed E-state index contributed by atoms with van der Waals surface area (Å²) in [5.41, 5.74) is 8.74. The van der Waals surface area contributed by atoms with E-state index >= 15 is 0 Å². The predicted octanol–water partition coefficient (Wildman–Crippen LogP) is 2.69. The number of anilines is 2. The van der Waals surface area contributed by atoms with Gasteiger partial charge in [0.1, 0.15) is 5.75 Å². The van der Waals surface area contributed by atoms with Gasteiger partial charge in [-0.15, -0.1) is 0 Å². The fraction of sp³-hybridized carbons (Fsp3) is 0.250. The molecule has 5 heteroatoms. The molecular formula is C16H19N3O2. The van der Waals surface area contributed by atoms with Gasteiger partial charge in [0, 0.05) is 11.4 Å². The molecule has 0 aliphatic heterocycles. The van der Waals surface area contributed by atoms with E-state index in [2.05, 4.69) is 10.3 Å². The van der Waals surface area contributed by atoms with Crippen LogP contribution in [0.2, 0.25) is 0 Å². The van der Waals surface area contributed by atoms with E-state index in [4.69, 9.17) is 10.5 Å². The van der Waals surface area contributed by atoms with Crippen molar-refractivity contribution in [3.63, 3.8) is 0 Å². The number of nitrogens with zero attached hydrogens (tertiary/aromatic N) is 1. The number of nitrogen functional groups attached to an aromatic ring is 1. The fourth-order valence-electron chi connectivity index (χ4n) is 1.86. The number of hydrogen-bond acceptors (Lipinski definition) is 4. The number of hydrogen-bond donors (Lipinski definition) is 2. The monoisotopic (exact) mass is 285 g/mol. The first-order chi connectivity index (χ1) is 10.0. The molecule has 0 saturated carbocycles. The molecule has 5 nitrogen and oxygen atoms in total. The second-order valence-electron chi connectivity index (χ2n) is 4.80. The van der Waals surface area contributed by atoms with Crippen molar-refractivity contribution in [1.82, 2.24) is 4.98 Å². The lowest BCUT2D eigenvalue weighted by atomic mass is 10.2. The summed E-state index contributed by atoms with van der Waals surface area (Å²) in [6.45, 7) is 4.10. The molecule has 1 aromatic heterocycles. The zero-order valence-corrected chi connectivity index (χ0v) is 12.2. The molecule has 0 saturated heterocycles. The van der Waals surface area contributed by atoms with E-state index in [1.807, 2.05) is 26.0 Å². The molecule has 110 valence electrons. The van der Waals surface area contributed by atoms with Gasteiger partial charge >= 0.3 is 0 Å². The van der Waals surface area contributed by atoms with Crippen molar-refractivity contribution in [3.8, 4) is 5.75 Å². The third-order valence-electron chi connectivity index (χ3n) is 2.98. The molecule has 2 rings (SSSR count). The normalized spacial score (nSPS) is 10.2. The molecule has 2 aromatic rings. The summed E-state index contributed by atoms with van der Waals surface area (Å²) < 4.78 is 5.49. The van der Waals surface area contributed by atoms with Crippen LogP contribution >= 0.6 is 0 Å². The largest absolute Gasteiger partial charge is 0.493 e. The Morgan fingerprint density at radius 1 is 1.19 bits per heavy atom. The van der Waals surface area contributed by atoms with Gasteiger partial charge in [0.2, 0.25) is 5.91 Å². The third-order valence-corrected chi connectivity index (χ3v) is 2.98. The van der Waals surface area contributed by atoms with E-state index in [0.717, 1.165) is 17.1 Å².